The van der Waals surface area contributed by atoms with Gasteiger partial charge in [0.1, 0.15) is 0 Å². The summed E-state index contributed by atoms with van der Waals surface area (Å²) >= 11 is 0. The normalized spacial score (nSPS) is 14.1. The van der Waals surface area contributed by atoms with Crippen LogP contribution in [0.1, 0.15) is 40.5 Å². The number of carbonyl (C=O) groups is 1. The van der Waals surface area contributed by atoms with Gasteiger partial charge >= 0.3 is 6.18 Å². The molecule has 0 atom stereocenters. The number of para-hydroxylation sites is 1. The van der Waals surface area contributed by atoms with Crippen LogP contribution in [0.5, 0.6) is 11.5 Å². The highest BCUT2D eigenvalue weighted by molar-refractivity contribution is 5.97. The largest absolute Gasteiger partial charge is 0.493 e. The fourth-order valence-corrected chi connectivity index (χ4v) is 2.89. The molecule has 0 aliphatic heterocycles. The molecule has 0 spiro atoms. The number of methoxy groups -OCH3 is 2. The molecule has 3 rings (SSSR count). The number of amides is 1. The van der Waals surface area contributed by atoms with Gasteiger partial charge in [0.2, 0.25) is 0 Å². The maximum atomic E-state index is 12.9. The quantitative estimate of drug-likeness (QED) is 0.797. The van der Waals surface area contributed by atoms with E-state index in [-0.39, 0.29) is 24.6 Å². The maximum absolute atomic E-state index is 12.9. The number of ether oxygens (including phenoxy) is 2. The smallest absolute Gasteiger partial charge is 0.435 e. The molecule has 6 nitrogen and oxygen atoms in total. The molecule has 1 aromatic carbocycles. The number of nitrogens with one attached hydrogen (secondary N) is 1. The summed E-state index contributed by atoms with van der Waals surface area (Å²) in [6.07, 6.45) is -2.77. The van der Waals surface area contributed by atoms with Crippen LogP contribution in [0.15, 0.2) is 24.3 Å². The van der Waals surface area contributed by atoms with Crippen LogP contribution < -0.4 is 14.8 Å². The summed E-state index contributed by atoms with van der Waals surface area (Å²) in [5.41, 5.74) is -0.0450. The molecule has 0 radical (unpaired) electrons. The number of hydrogen-bond acceptors (Lipinski definition) is 4. The first-order valence-corrected chi connectivity index (χ1v) is 8.49. The monoisotopic (exact) mass is 383 g/mol. The summed E-state index contributed by atoms with van der Waals surface area (Å²) in [5.74, 6) is 0.433. The zero-order chi connectivity index (χ0) is 19.6. The van der Waals surface area contributed by atoms with Crippen molar-refractivity contribution in [2.24, 2.45) is 0 Å². The van der Waals surface area contributed by atoms with E-state index in [9.17, 15) is 18.0 Å². The minimum absolute atomic E-state index is 0.114. The van der Waals surface area contributed by atoms with Gasteiger partial charge in [0.05, 0.1) is 26.3 Å². The van der Waals surface area contributed by atoms with E-state index < -0.39 is 17.8 Å². The van der Waals surface area contributed by atoms with Crippen molar-refractivity contribution in [3.63, 3.8) is 0 Å². The molecule has 27 heavy (non-hydrogen) atoms. The van der Waals surface area contributed by atoms with Crippen molar-refractivity contribution in [3.8, 4) is 11.5 Å². The van der Waals surface area contributed by atoms with E-state index in [1.165, 1.54) is 18.9 Å². The predicted molar refractivity (Wildman–Crippen MR) is 91.1 cm³/mol. The number of benzene rings is 1. The van der Waals surface area contributed by atoms with Crippen LogP contribution in [0.2, 0.25) is 0 Å². The van der Waals surface area contributed by atoms with Crippen LogP contribution >= 0.6 is 0 Å². The van der Waals surface area contributed by atoms with E-state index in [4.69, 9.17) is 9.47 Å². The lowest BCUT2D eigenvalue weighted by atomic mass is 10.1. The molecular formula is C18H20F3N3O3. The average Bonchev–Trinajstić information content (AvgIpc) is 3.39. The van der Waals surface area contributed by atoms with Crippen LogP contribution in [0, 0.1) is 0 Å². The maximum Gasteiger partial charge on any atom is 0.435 e. The van der Waals surface area contributed by atoms with Crippen LogP contribution in [0.4, 0.5) is 13.2 Å². The zero-order valence-corrected chi connectivity index (χ0v) is 15.0. The SMILES string of the molecule is COc1cccc(C(=O)NCCn2nc(C(F)(F)F)cc2C2CC2)c1OC. The highest BCUT2D eigenvalue weighted by Crippen LogP contribution is 2.42. The standard InChI is InChI=1S/C18H20F3N3O3/c1-26-14-5-3-4-12(16(14)27-2)17(25)22-8-9-24-13(11-6-7-11)10-15(23-24)18(19,20)21/h3-5,10-11H,6-9H2,1-2H3,(H,22,25). The molecular weight excluding hydrogens is 363 g/mol. The molecule has 1 N–H and O–H groups in total. The summed E-state index contributed by atoms with van der Waals surface area (Å²) in [6.45, 7) is 0.290. The number of nitrogens with zero attached hydrogens (tertiary/aromatic N) is 2. The third-order valence-electron chi connectivity index (χ3n) is 4.35. The van der Waals surface area contributed by atoms with Gasteiger partial charge in [-0.2, -0.15) is 18.3 Å². The fraction of sp³-hybridized carbons (Fsp3) is 0.444. The van der Waals surface area contributed by atoms with E-state index in [0.717, 1.165) is 18.9 Å². The number of aromatic nitrogens is 2. The number of carbonyl (C=O) groups excluding carboxylic acids is 1. The van der Waals surface area contributed by atoms with Gasteiger partial charge in [0.15, 0.2) is 17.2 Å². The molecule has 0 bridgehead atoms. The van der Waals surface area contributed by atoms with Gasteiger partial charge < -0.3 is 14.8 Å². The Morgan fingerprint density at radius 2 is 2.04 bits per heavy atom. The van der Waals surface area contributed by atoms with Crippen molar-refractivity contribution >= 4 is 5.91 Å². The summed E-state index contributed by atoms with van der Waals surface area (Å²) in [7, 11) is 2.90. The molecule has 1 heterocycles. The first kappa shape index (κ1) is 19.1. The molecule has 1 saturated carbocycles. The Morgan fingerprint density at radius 1 is 1.30 bits per heavy atom. The lowest BCUT2D eigenvalue weighted by Crippen LogP contribution is -2.28. The molecule has 1 amide bonds. The molecule has 1 aliphatic rings. The number of alkyl halides is 3. The number of halogens is 3. The first-order valence-electron chi connectivity index (χ1n) is 8.49. The third kappa shape index (κ3) is 4.17. The molecule has 1 aliphatic carbocycles. The van der Waals surface area contributed by atoms with E-state index in [1.807, 2.05) is 0 Å². The first-order chi connectivity index (χ1) is 12.8. The van der Waals surface area contributed by atoms with Gasteiger partial charge in [-0.25, -0.2) is 0 Å². The Balaban J connectivity index is 1.68. The van der Waals surface area contributed by atoms with Gasteiger partial charge in [0.25, 0.3) is 5.91 Å². The second-order valence-electron chi connectivity index (χ2n) is 6.25. The Labute approximate surface area is 154 Å². The van der Waals surface area contributed by atoms with Crippen molar-refractivity contribution in [3.05, 3.63) is 41.2 Å². The number of hydrogen-bond donors (Lipinski definition) is 1. The zero-order valence-electron chi connectivity index (χ0n) is 15.0. The van der Waals surface area contributed by atoms with Gasteiger partial charge in [-0.3, -0.25) is 9.48 Å². The molecule has 1 aromatic heterocycles. The molecule has 146 valence electrons. The minimum atomic E-state index is -4.48. The highest BCUT2D eigenvalue weighted by atomic mass is 19.4. The van der Waals surface area contributed by atoms with Crippen molar-refractivity contribution in [1.82, 2.24) is 15.1 Å². The average molecular weight is 383 g/mol. The van der Waals surface area contributed by atoms with E-state index in [0.29, 0.717) is 17.2 Å². The molecule has 0 saturated heterocycles. The van der Waals surface area contributed by atoms with Crippen LogP contribution in [-0.4, -0.2) is 36.5 Å². The van der Waals surface area contributed by atoms with Gasteiger partial charge in [-0.1, -0.05) is 6.07 Å². The number of rotatable bonds is 7. The fourth-order valence-electron chi connectivity index (χ4n) is 2.89. The topological polar surface area (TPSA) is 65.4 Å². The Kier molecular flexibility index (Phi) is 5.29. The van der Waals surface area contributed by atoms with Crippen molar-refractivity contribution in [2.45, 2.75) is 31.5 Å². The predicted octanol–water partition coefficient (Wildman–Crippen LogP) is 3.23. The molecule has 1 fully saturated rings. The van der Waals surface area contributed by atoms with Crippen LogP contribution in [-0.2, 0) is 12.7 Å². The Hall–Kier alpha value is -2.71. The third-order valence-corrected chi connectivity index (χ3v) is 4.35. The van der Waals surface area contributed by atoms with Crippen molar-refractivity contribution < 1.29 is 27.4 Å². The van der Waals surface area contributed by atoms with Gasteiger partial charge in [-0.05, 0) is 31.0 Å². The summed E-state index contributed by atoms with van der Waals surface area (Å²) in [6, 6.07) is 6.01. The van der Waals surface area contributed by atoms with Crippen molar-refractivity contribution in [2.75, 3.05) is 20.8 Å². The Morgan fingerprint density at radius 3 is 2.63 bits per heavy atom. The second-order valence-corrected chi connectivity index (χ2v) is 6.25. The Bertz CT molecular complexity index is 829. The van der Waals surface area contributed by atoms with E-state index >= 15 is 0 Å². The molecule has 9 heteroatoms. The van der Waals surface area contributed by atoms with E-state index in [1.54, 1.807) is 18.2 Å². The molecule has 2 aromatic rings. The minimum Gasteiger partial charge on any atom is -0.493 e. The highest BCUT2D eigenvalue weighted by Gasteiger charge is 2.37. The lowest BCUT2D eigenvalue weighted by molar-refractivity contribution is -0.141. The van der Waals surface area contributed by atoms with Gasteiger partial charge in [-0.15, -0.1) is 0 Å². The summed E-state index contributed by atoms with van der Waals surface area (Å²) in [5, 5.41) is 6.36. The van der Waals surface area contributed by atoms with E-state index in [2.05, 4.69) is 10.4 Å². The van der Waals surface area contributed by atoms with Gasteiger partial charge in [0, 0.05) is 18.2 Å². The lowest BCUT2D eigenvalue weighted by Gasteiger charge is -2.13. The second kappa shape index (κ2) is 7.50. The van der Waals surface area contributed by atoms with Crippen LogP contribution in [0.3, 0.4) is 0 Å². The summed E-state index contributed by atoms with van der Waals surface area (Å²) < 4.78 is 50.5. The van der Waals surface area contributed by atoms with Crippen molar-refractivity contribution in [1.29, 1.82) is 0 Å². The molecule has 0 unspecified atom stereocenters. The van der Waals surface area contributed by atoms with Crippen LogP contribution in [0.25, 0.3) is 0 Å². The summed E-state index contributed by atoms with van der Waals surface area (Å²) in [4.78, 5) is 12.4.